The molecule has 3 amide bonds. The number of fused-ring (bicyclic) bond motifs is 1. The predicted octanol–water partition coefficient (Wildman–Crippen LogP) is 6.29. The van der Waals surface area contributed by atoms with Crippen molar-refractivity contribution in [1.82, 2.24) is 4.68 Å². The lowest BCUT2D eigenvalue weighted by Gasteiger charge is -2.13. The zero-order valence-electron chi connectivity index (χ0n) is 18.6. The van der Waals surface area contributed by atoms with Crippen LogP contribution in [0.4, 0.5) is 11.4 Å². The molecule has 0 saturated heterocycles. The van der Waals surface area contributed by atoms with Gasteiger partial charge in [-0.15, -0.1) is 0 Å². The Morgan fingerprint density at radius 3 is 2.23 bits per heavy atom. The van der Waals surface area contributed by atoms with Gasteiger partial charge in [-0.25, -0.2) is 4.68 Å². The highest BCUT2D eigenvalue weighted by Crippen LogP contribution is 2.26. The van der Waals surface area contributed by atoms with E-state index in [1.54, 1.807) is 24.3 Å². The summed E-state index contributed by atoms with van der Waals surface area (Å²) in [7, 11) is 0. The molecule has 0 radical (unpaired) electrons. The molecule has 0 aliphatic heterocycles. The van der Waals surface area contributed by atoms with E-state index in [0.29, 0.717) is 21.6 Å². The van der Waals surface area contributed by atoms with Crippen LogP contribution >= 0.6 is 39.1 Å². The van der Waals surface area contributed by atoms with Gasteiger partial charge in [-0.3, -0.25) is 19.8 Å². The number of rotatable bonds is 4. The molecule has 0 saturated carbocycles. The second kappa shape index (κ2) is 10.1. The fraction of sp³-hybridized carbons (Fsp3) is 0.0800. The van der Waals surface area contributed by atoms with Crippen molar-refractivity contribution in [2.45, 2.75) is 13.8 Å². The Kier molecular flexibility index (Phi) is 7.16. The summed E-state index contributed by atoms with van der Waals surface area (Å²) in [5, 5.41) is 6.56. The number of aryl methyl sites for hydroxylation is 2. The highest BCUT2D eigenvalue weighted by Gasteiger charge is 2.22. The van der Waals surface area contributed by atoms with E-state index < -0.39 is 17.7 Å². The van der Waals surface area contributed by atoms with E-state index in [0.717, 1.165) is 15.6 Å². The highest BCUT2D eigenvalue weighted by molar-refractivity contribution is 9.10. The summed E-state index contributed by atoms with van der Waals surface area (Å²) in [6, 6.07) is 17.1. The number of benzene rings is 3. The Hall–Kier alpha value is -3.33. The molecule has 0 bridgehead atoms. The smallest absolute Gasteiger partial charge is 0.321 e. The Balaban J connectivity index is 1.64. The van der Waals surface area contributed by atoms with E-state index in [1.807, 2.05) is 32.0 Å². The first-order valence-electron chi connectivity index (χ1n) is 10.4. The molecular weight excluding hydrogens is 555 g/mol. The van der Waals surface area contributed by atoms with Gasteiger partial charge in [-0.05, 0) is 79.6 Å². The van der Waals surface area contributed by atoms with E-state index in [4.69, 9.17) is 23.2 Å². The quantitative estimate of drug-likeness (QED) is 0.251. The molecule has 0 aliphatic rings. The number of carbonyl (C=O) groups is 3. The minimum absolute atomic E-state index is 0.142. The minimum Gasteiger partial charge on any atom is -0.321 e. The first-order chi connectivity index (χ1) is 16.6. The molecule has 35 heavy (non-hydrogen) atoms. The zero-order valence-corrected chi connectivity index (χ0v) is 21.7. The lowest BCUT2D eigenvalue weighted by molar-refractivity contribution is -0.133. The van der Waals surface area contributed by atoms with Crippen molar-refractivity contribution in [3.8, 4) is 0 Å². The maximum atomic E-state index is 13.2. The van der Waals surface area contributed by atoms with Crippen LogP contribution in [-0.2, 0) is 9.59 Å². The van der Waals surface area contributed by atoms with Gasteiger partial charge < -0.3 is 10.6 Å². The number of nitrogens with zero attached hydrogens (tertiary/aromatic N) is 1. The maximum Gasteiger partial charge on any atom is 0.328 e. The average Bonchev–Trinajstić information content (AvgIpc) is 3.12. The van der Waals surface area contributed by atoms with Gasteiger partial charge in [0.05, 0.1) is 16.2 Å². The summed E-state index contributed by atoms with van der Waals surface area (Å²) in [6.07, 6.45) is 0. The second-order valence-corrected chi connectivity index (χ2v) is 9.68. The fourth-order valence-electron chi connectivity index (χ4n) is 3.64. The topological polar surface area (TPSA) is 92.2 Å². The van der Waals surface area contributed by atoms with E-state index in [1.165, 1.54) is 22.9 Å². The summed E-state index contributed by atoms with van der Waals surface area (Å²) in [5.41, 5.74) is 6.02. The van der Waals surface area contributed by atoms with Gasteiger partial charge in [0.2, 0.25) is 0 Å². The zero-order chi connectivity index (χ0) is 25.3. The molecule has 178 valence electrons. The van der Waals surface area contributed by atoms with Crippen LogP contribution in [0.25, 0.3) is 10.9 Å². The predicted molar refractivity (Wildman–Crippen MR) is 143 cm³/mol. The monoisotopic (exact) mass is 572 g/mol. The van der Waals surface area contributed by atoms with Crippen LogP contribution in [0.5, 0.6) is 0 Å². The van der Waals surface area contributed by atoms with E-state index in [-0.39, 0.29) is 16.4 Å². The molecule has 0 spiro atoms. The number of anilines is 2. The minimum atomic E-state index is -0.989. The standard InChI is InChI=1S/C25H19BrCl2N4O3/c1-13-7-14(2)9-18(8-13)29-23(33)22-11-15-10-16(26)3-6-21(15)32(22)31-25(35)24(34)30-20-5-4-17(27)12-19(20)28/h3-12H,1-2H3,(H,29,33)(H,30,34)(H,31,35). The number of nitrogens with one attached hydrogen (secondary N) is 3. The lowest BCUT2D eigenvalue weighted by Crippen LogP contribution is -2.36. The summed E-state index contributed by atoms with van der Waals surface area (Å²) in [4.78, 5) is 38.6. The molecule has 7 nitrogen and oxygen atoms in total. The van der Waals surface area contributed by atoms with E-state index in [2.05, 4.69) is 32.0 Å². The Morgan fingerprint density at radius 2 is 1.54 bits per heavy atom. The first kappa shape index (κ1) is 24.8. The van der Waals surface area contributed by atoms with Crippen molar-refractivity contribution in [3.63, 3.8) is 0 Å². The van der Waals surface area contributed by atoms with Crippen LogP contribution in [0.2, 0.25) is 10.0 Å². The Bertz CT molecular complexity index is 1480. The van der Waals surface area contributed by atoms with Crippen LogP contribution in [0.3, 0.4) is 0 Å². The van der Waals surface area contributed by atoms with Crippen LogP contribution in [0, 0.1) is 13.8 Å². The van der Waals surface area contributed by atoms with Crippen LogP contribution in [0.1, 0.15) is 21.6 Å². The van der Waals surface area contributed by atoms with Crippen LogP contribution in [0.15, 0.2) is 65.1 Å². The van der Waals surface area contributed by atoms with Crippen molar-refractivity contribution in [1.29, 1.82) is 0 Å². The molecule has 1 heterocycles. The van der Waals surface area contributed by atoms with Gasteiger partial charge >= 0.3 is 11.8 Å². The molecule has 0 atom stereocenters. The molecular formula is C25H19BrCl2N4O3. The van der Waals surface area contributed by atoms with E-state index in [9.17, 15) is 14.4 Å². The van der Waals surface area contributed by atoms with Crippen molar-refractivity contribution in [2.75, 3.05) is 16.1 Å². The molecule has 1 aromatic heterocycles. The normalized spacial score (nSPS) is 10.8. The average molecular weight is 574 g/mol. The summed E-state index contributed by atoms with van der Waals surface area (Å²) < 4.78 is 2.08. The number of hydrogen-bond acceptors (Lipinski definition) is 3. The van der Waals surface area contributed by atoms with Gasteiger partial charge in [-0.1, -0.05) is 45.2 Å². The molecule has 0 unspecified atom stereocenters. The maximum absolute atomic E-state index is 13.2. The SMILES string of the molecule is Cc1cc(C)cc(NC(=O)c2cc3cc(Br)ccc3n2NC(=O)C(=O)Nc2ccc(Cl)cc2Cl)c1. The van der Waals surface area contributed by atoms with Gasteiger partial charge in [0, 0.05) is 20.6 Å². The highest BCUT2D eigenvalue weighted by atomic mass is 79.9. The number of carbonyl (C=O) groups excluding carboxylic acids is 3. The van der Waals surface area contributed by atoms with Gasteiger partial charge in [0.25, 0.3) is 5.91 Å². The second-order valence-electron chi connectivity index (χ2n) is 7.92. The first-order valence-corrected chi connectivity index (χ1v) is 11.9. The van der Waals surface area contributed by atoms with Crippen molar-refractivity contribution in [3.05, 3.63) is 92.0 Å². The molecule has 0 aliphatic carbocycles. The third kappa shape index (κ3) is 5.67. The molecule has 3 aromatic carbocycles. The molecule has 4 rings (SSSR count). The number of halogens is 3. The van der Waals surface area contributed by atoms with Crippen molar-refractivity contribution >= 4 is 79.1 Å². The molecule has 3 N–H and O–H groups in total. The van der Waals surface area contributed by atoms with Crippen LogP contribution in [-0.4, -0.2) is 22.4 Å². The number of aromatic nitrogens is 1. The number of hydrogen-bond donors (Lipinski definition) is 3. The Morgan fingerprint density at radius 1 is 0.829 bits per heavy atom. The van der Waals surface area contributed by atoms with Crippen molar-refractivity contribution in [2.24, 2.45) is 0 Å². The Labute approximate surface area is 219 Å². The number of amides is 3. The molecule has 10 heteroatoms. The lowest BCUT2D eigenvalue weighted by atomic mass is 10.1. The van der Waals surface area contributed by atoms with Gasteiger partial charge in [0.1, 0.15) is 5.69 Å². The summed E-state index contributed by atoms with van der Waals surface area (Å²) in [5.74, 6) is -2.41. The largest absolute Gasteiger partial charge is 0.328 e. The van der Waals surface area contributed by atoms with Crippen molar-refractivity contribution < 1.29 is 14.4 Å². The summed E-state index contributed by atoms with van der Waals surface area (Å²) >= 11 is 15.4. The third-order valence-electron chi connectivity index (χ3n) is 5.07. The molecule has 4 aromatic rings. The van der Waals surface area contributed by atoms with E-state index >= 15 is 0 Å². The third-order valence-corrected chi connectivity index (χ3v) is 6.12. The van der Waals surface area contributed by atoms with Gasteiger partial charge in [-0.2, -0.15) is 0 Å². The van der Waals surface area contributed by atoms with Crippen LogP contribution < -0.4 is 16.1 Å². The molecule has 0 fully saturated rings. The summed E-state index contributed by atoms with van der Waals surface area (Å²) in [6.45, 7) is 3.87. The fourth-order valence-corrected chi connectivity index (χ4v) is 4.47. The van der Waals surface area contributed by atoms with Gasteiger partial charge in [0.15, 0.2) is 0 Å².